The van der Waals surface area contributed by atoms with Crippen LogP contribution in [-0.4, -0.2) is 4.98 Å². The molecule has 0 spiro atoms. The highest BCUT2D eigenvalue weighted by Crippen LogP contribution is 2.43. The Morgan fingerprint density at radius 2 is 2.50 bits per heavy atom. The van der Waals surface area contributed by atoms with Crippen LogP contribution in [0.4, 0.5) is 0 Å². The Balaban J connectivity index is 2.31. The molecule has 2 rings (SSSR count). The quantitative estimate of drug-likeness (QED) is 0.682. The van der Waals surface area contributed by atoms with E-state index in [9.17, 15) is 0 Å². The summed E-state index contributed by atoms with van der Waals surface area (Å²) in [6.07, 6.45) is 6.01. The normalized spacial score (nSPS) is 34.3. The van der Waals surface area contributed by atoms with Crippen LogP contribution < -0.4 is 5.73 Å². The van der Waals surface area contributed by atoms with Crippen LogP contribution in [0.1, 0.15) is 25.3 Å². The van der Waals surface area contributed by atoms with Gasteiger partial charge in [0.25, 0.3) is 0 Å². The first-order chi connectivity index (χ1) is 5.73. The number of rotatable bonds is 1. The number of hydrogen-bond donors (Lipinski definition) is 1. The van der Waals surface area contributed by atoms with Crippen molar-refractivity contribution in [3.05, 3.63) is 30.1 Å². The molecule has 0 bridgehead atoms. The van der Waals surface area contributed by atoms with Gasteiger partial charge >= 0.3 is 0 Å². The highest BCUT2D eigenvalue weighted by Gasteiger charge is 2.41. The van der Waals surface area contributed by atoms with Gasteiger partial charge in [-0.3, -0.25) is 4.98 Å². The zero-order valence-corrected chi connectivity index (χ0v) is 7.33. The predicted molar refractivity (Wildman–Crippen MR) is 48.5 cm³/mol. The SMILES string of the molecule is CC1CCC1(N)c1cccnc1. The maximum atomic E-state index is 6.23. The molecule has 64 valence electrons. The number of aromatic nitrogens is 1. The minimum Gasteiger partial charge on any atom is -0.321 e. The molecule has 1 aromatic heterocycles. The molecule has 1 aliphatic rings. The molecule has 1 aliphatic carbocycles. The lowest BCUT2D eigenvalue weighted by Crippen LogP contribution is -2.50. The second kappa shape index (κ2) is 2.56. The first kappa shape index (κ1) is 7.74. The first-order valence-electron chi connectivity index (χ1n) is 4.43. The van der Waals surface area contributed by atoms with Crippen LogP contribution in [0.2, 0.25) is 0 Å². The summed E-state index contributed by atoms with van der Waals surface area (Å²) < 4.78 is 0. The van der Waals surface area contributed by atoms with Crippen LogP contribution >= 0.6 is 0 Å². The van der Waals surface area contributed by atoms with E-state index in [1.165, 1.54) is 12.0 Å². The van der Waals surface area contributed by atoms with Crippen LogP contribution in [0.15, 0.2) is 24.5 Å². The van der Waals surface area contributed by atoms with Gasteiger partial charge in [0.1, 0.15) is 0 Å². The lowest BCUT2D eigenvalue weighted by Gasteiger charge is -2.45. The lowest BCUT2D eigenvalue weighted by molar-refractivity contribution is 0.144. The van der Waals surface area contributed by atoms with Crippen molar-refractivity contribution in [3.63, 3.8) is 0 Å². The van der Waals surface area contributed by atoms with Crippen LogP contribution in [0.5, 0.6) is 0 Å². The topological polar surface area (TPSA) is 38.9 Å². The highest BCUT2D eigenvalue weighted by atomic mass is 14.8. The fourth-order valence-electron chi connectivity index (χ4n) is 1.81. The molecule has 2 unspecified atom stereocenters. The monoisotopic (exact) mass is 162 g/mol. The van der Waals surface area contributed by atoms with Crippen LogP contribution in [0, 0.1) is 5.92 Å². The molecule has 0 aliphatic heterocycles. The number of hydrogen-bond acceptors (Lipinski definition) is 2. The van der Waals surface area contributed by atoms with Gasteiger partial charge in [0, 0.05) is 17.9 Å². The molecule has 2 heteroatoms. The van der Waals surface area contributed by atoms with Gasteiger partial charge < -0.3 is 5.73 Å². The summed E-state index contributed by atoms with van der Waals surface area (Å²) in [7, 11) is 0. The Bertz CT molecular complexity index is 270. The summed E-state index contributed by atoms with van der Waals surface area (Å²) >= 11 is 0. The smallest absolute Gasteiger partial charge is 0.0451 e. The average molecular weight is 162 g/mol. The molecule has 0 saturated heterocycles. The summed E-state index contributed by atoms with van der Waals surface area (Å²) in [5, 5.41) is 0. The van der Waals surface area contributed by atoms with Crippen molar-refractivity contribution in [3.8, 4) is 0 Å². The van der Waals surface area contributed by atoms with Gasteiger partial charge in [-0.25, -0.2) is 0 Å². The summed E-state index contributed by atoms with van der Waals surface area (Å²) in [6.45, 7) is 2.20. The van der Waals surface area contributed by atoms with Gasteiger partial charge in [0.05, 0.1) is 0 Å². The molecular formula is C10H14N2. The third-order valence-corrected chi connectivity index (χ3v) is 3.07. The maximum Gasteiger partial charge on any atom is 0.0451 e. The summed E-state index contributed by atoms with van der Waals surface area (Å²) in [4.78, 5) is 4.09. The molecule has 2 N–H and O–H groups in total. The van der Waals surface area contributed by atoms with Gasteiger partial charge in [0.2, 0.25) is 0 Å². The third-order valence-electron chi connectivity index (χ3n) is 3.07. The van der Waals surface area contributed by atoms with Gasteiger partial charge in [-0.1, -0.05) is 13.0 Å². The molecule has 1 saturated carbocycles. The fraction of sp³-hybridized carbons (Fsp3) is 0.500. The van der Waals surface area contributed by atoms with Crippen molar-refractivity contribution in [2.24, 2.45) is 11.7 Å². The van der Waals surface area contributed by atoms with Crippen LogP contribution in [-0.2, 0) is 5.54 Å². The summed E-state index contributed by atoms with van der Waals surface area (Å²) in [5.41, 5.74) is 7.32. The predicted octanol–water partition coefficient (Wildman–Crippen LogP) is 1.67. The van der Waals surface area contributed by atoms with Crippen molar-refractivity contribution in [2.75, 3.05) is 0 Å². The molecule has 0 aromatic carbocycles. The Morgan fingerprint density at radius 3 is 2.92 bits per heavy atom. The Morgan fingerprint density at radius 1 is 1.67 bits per heavy atom. The van der Waals surface area contributed by atoms with Gasteiger partial charge in [-0.05, 0) is 30.4 Å². The van der Waals surface area contributed by atoms with Gasteiger partial charge in [-0.2, -0.15) is 0 Å². The molecule has 0 radical (unpaired) electrons. The van der Waals surface area contributed by atoms with Gasteiger partial charge in [-0.15, -0.1) is 0 Å². The van der Waals surface area contributed by atoms with E-state index in [2.05, 4.69) is 18.0 Å². The second-order valence-corrected chi connectivity index (χ2v) is 3.72. The molecule has 0 amide bonds. The summed E-state index contributed by atoms with van der Waals surface area (Å²) in [5.74, 6) is 0.599. The summed E-state index contributed by atoms with van der Waals surface area (Å²) in [6, 6.07) is 4.03. The average Bonchev–Trinajstić information content (AvgIpc) is 2.16. The molecule has 12 heavy (non-hydrogen) atoms. The van der Waals surface area contributed by atoms with E-state index in [1.807, 2.05) is 12.3 Å². The highest BCUT2D eigenvalue weighted by molar-refractivity contribution is 5.24. The van der Waals surface area contributed by atoms with E-state index in [0.717, 1.165) is 6.42 Å². The minimum atomic E-state index is -0.0890. The number of nitrogens with zero attached hydrogens (tertiary/aromatic N) is 1. The van der Waals surface area contributed by atoms with E-state index >= 15 is 0 Å². The van der Waals surface area contributed by atoms with E-state index in [0.29, 0.717) is 5.92 Å². The van der Waals surface area contributed by atoms with Crippen molar-refractivity contribution >= 4 is 0 Å². The Labute approximate surface area is 72.8 Å². The van der Waals surface area contributed by atoms with E-state index in [-0.39, 0.29) is 5.54 Å². The molecular weight excluding hydrogens is 148 g/mol. The Hall–Kier alpha value is -0.890. The van der Waals surface area contributed by atoms with E-state index < -0.39 is 0 Å². The molecule has 2 nitrogen and oxygen atoms in total. The first-order valence-corrected chi connectivity index (χ1v) is 4.43. The second-order valence-electron chi connectivity index (χ2n) is 3.72. The largest absolute Gasteiger partial charge is 0.321 e. The number of pyridine rings is 1. The Kier molecular flexibility index (Phi) is 1.65. The zero-order valence-electron chi connectivity index (χ0n) is 7.33. The molecule has 1 heterocycles. The fourth-order valence-corrected chi connectivity index (χ4v) is 1.81. The lowest BCUT2D eigenvalue weighted by atomic mass is 9.65. The van der Waals surface area contributed by atoms with Crippen LogP contribution in [0.25, 0.3) is 0 Å². The van der Waals surface area contributed by atoms with Crippen molar-refractivity contribution < 1.29 is 0 Å². The zero-order chi connectivity index (χ0) is 8.60. The molecule has 1 aromatic rings. The van der Waals surface area contributed by atoms with Crippen molar-refractivity contribution in [2.45, 2.75) is 25.3 Å². The minimum absolute atomic E-state index is 0.0890. The van der Waals surface area contributed by atoms with Gasteiger partial charge in [0.15, 0.2) is 0 Å². The van der Waals surface area contributed by atoms with Crippen molar-refractivity contribution in [1.82, 2.24) is 4.98 Å². The van der Waals surface area contributed by atoms with Crippen molar-refractivity contribution in [1.29, 1.82) is 0 Å². The van der Waals surface area contributed by atoms with Crippen LogP contribution in [0.3, 0.4) is 0 Å². The molecule has 2 atom stereocenters. The maximum absolute atomic E-state index is 6.23. The number of nitrogens with two attached hydrogens (primary N) is 1. The third kappa shape index (κ3) is 0.950. The van der Waals surface area contributed by atoms with E-state index in [1.54, 1.807) is 6.20 Å². The molecule has 1 fully saturated rings. The van der Waals surface area contributed by atoms with E-state index in [4.69, 9.17) is 5.73 Å². The standard InChI is InChI=1S/C10H14N2/c1-8-4-5-10(8,11)9-3-2-6-12-7-9/h2-3,6-8H,4-5,11H2,1H3.